The number of carbonyl (C=O) groups excluding carboxylic acids is 1. The van der Waals surface area contributed by atoms with Gasteiger partial charge in [0.1, 0.15) is 5.69 Å². The van der Waals surface area contributed by atoms with Gasteiger partial charge in [-0.15, -0.1) is 0 Å². The summed E-state index contributed by atoms with van der Waals surface area (Å²) in [5.41, 5.74) is 4.79. The first-order valence-electron chi connectivity index (χ1n) is 6.79. The van der Waals surface area contributed by atoms with Crippen LogP contribution in [0.25, 0.3) is 0 Å². The summed E-state index contributed by atoms with van der Waals surface area (Å²) in [4.78, 5) is 16.4. The minimum Gasteiger partial charge on any atom is -0.321 e. The van der Waals surface area contributed by atoms with E-state index < -0.39 is 0 Å². The van der Waals surface area contributed by atoms with Gasteiger partial charge in [0.15, 0.2) is 0 Å². The molecule has 102 valence electrons. The highest BCUT2D eigenvalue weighted by Crippen LogP contribution is 2.19. The van der Waals surface area contributed by atoms with Crippen molar-refractivity contribution < 1.29 is 4.79 Å². The van der Waals surface area contributed by atoms with E-state index in [1.54, 1.807) is 6.20 Å². The Hall–Kier alpha value is -2.20. The molecule has 2 aromatic rings. The molecule has 1 aliphatic heterocycles. The molecule has 0 unspecified atom stereocenters. The second kappa shape index (κ2) is 5.43. The molecular weight excluding hydrogens is 250 g/mol. The fourth-order valence-electron chi connectivity index (χ4n) is 2.47. The molecule has 4 nitrogen and oxygen atoms in total. The summed E-state index contributed by atoms with van der Waals surface area (Å²) in [6.45, 7) is 3.77. The maximum atomic E-state index is 12.2. The van der Waals surface area contributed by atoms with Crippen LogP contribution in [0.15, 0.2) is 36.5 Å². The lowest BCUT2D eigenvalue weighted by molar-refractivity contribution is 0.102. The lowest BCUT2D eigenvalue weighted by Crippen LogP contribution is -2.24. The van der Waals surface area contributed by atoms with Gasteiger partial charge >= 0.3 is 0 Å². The number of fused-ring (bicyclic) bond motifs is 1. The zero-order chi connectivity index (χ0) is 13.9. The molecule has 1 aliphatic rings. The van der Waals surface area contributed by atoms with E-state index in [1.807, 2.05) is 31.2 Å². The van der Waals surface area contributed by atoms with Crippen LogP contribution in [-0.4, -0.2) is 17.4 Å². The zero-order valence-electron chi connectivity index (χ0n) is 11.4. The molecule has 0 saturated heterocycles. The van der Waals surface area contributed by atoms with Gasteiger partial charge in [0.25, 0.3) is 5.91 Å². The van der Waals surface area contributed by atoms with E-state index in [1.165, 1.54) is 11.1 Å². The average Bonchev–Trinajstić information content (AvgIpc) is 2.47. The Morgan fingerprint density at radius 1 is 1.30 bits per heavy atom. The molecule has 4 heteroatoms. The number of hydrogen-bond donors (Lipinski definition) is 2. The zero-order valence-corrected chi connectivity index (χ0v) is 11.4. The number of benzene rings is 1. The predicted molar refractivity (Wildman–Crippen MR) is 78.8 cm³/mol. The molecule has 0 spiro atoms. The maximum Gasteiger partial charge on any atom is 0.274 e. The smallest absolute Gasteiger partial charge is 0.274 e. The van der Waals surface area contributed by atoms with Crippen molar-refractivity contribution in [2.75, 3.05) is 11.9 Å². The van der Waals surface area contributed by atoms with Crippen molar-refractivity contribution in [3.63, 3.8) is 0 Å². The van der Waals surface area contributed by atoms with E-state index in [9.17, 15) is 4.79 Å². The minimum absolute atomic E-state index is 0.160. The van der Waals surface area contributed by atoms with Gasteiger partial charge in [-0.1, -0.05) is 12.1 Å². The van der Waals surface area contributed by atoms with Gasteiger partial charge < -0.3 is 10.6 Å². The predicted octanol–water partition coefficient (Wildman–Crippen LogP) is 2.29. The number of pyridine rings is 1. The van der Waals surface area contributed by atoms with Crippen molar-refractivity contribution in [1.29, 1.82) is 0 Å². The number of nitrogens with zero attached hydrogens (tertiary/aromatic N) is 1. The second-order valence-electron chi connectivity index (χ2n) is 5.03. The minimum atomic E-state index is -0.160. The van der Waals surface area contributed by atoms with Gasteiger partial charge in [0.05, 0.1) is 0 Å². The van der Waals surface area contributed by atoms with Crippen molar-refractivity contribution in [3.8, 4) is 0 Å². The third-order valence-corrected chi connectivity index (χ3v) is 3.58. The van der Waals surface area contributed by atoms with Crippen molar-refractivity contribution in [1.82, 2.24) is 10.3 Å². The molecule has 0 bridgehead atoms. The normalized spacial score (nSPS) is 13.7. The monoisotopic (exact) mass is 267 g/mol. The molecule has 1 aromatic carbocycles. The number of carbonyl (C=O) groups is 1. The van der Waals surface area contributed by atoms with E-state index in [4.69, 9.17) is 0 Å². The van der Waals surface area contributed by atoms with E-state index in [0.717, 1.165) is 30.8 Å². The lowest BCUT2D eigenvalue weighted by atomic mass is 10.0. The highest BCUT2D eigenvalue weighted by Gasteiger charge is 2.13. The van der Waals surface area contributed by atoms with Crippen LogP contribution in [0, 0.1) is 6.92 Å². The molecule has 2 heterocycles. The Kier molecular flexibility index (Phi) is 3.48. The van der Waals surface area contributed by atoms with Gasteiger partial charge in [0.2, 0.25) is 0 Å². The number of anilines is 1. The SMILES string of the molecule is Cc1cccnc1C(=O)Nc1ccc2c(c1)CNCC2. The summed E-state index contributed by atoms with van der Waals surface area (Å²) >= 11 is 0. The summed E-state index contributed by atoms with van der Waals surface area (Å²) in [5.74, 6) is -0.160. The van der Waals surface area contributed by atoms with Crippen molar-refractivity contribution >= 4 is 11.6 Å². The van der Waals surface area contributed by atoms with Crippen LogP contribution in [0.1, 0.15) is 27.2 Å². The van der Waals surface area contributed by atoms with Crippen LogP contribution < -0.4 is 10.6 Å². The third kappa shape index (κ3) is 2.56. The summed E-state index contributed by atoms with van der Waals surface area (Å²) < 4.78 is 0. The van der Waals surface area contributed by atoms with Gasteiger partial charge in [-0.25, -0.2) is 0 Å². The number of aromatic nitrogens is 1. The number of aryl methyl sites for hydroxylation is 1. The molecule has 0 atom stereocenters. The Morgan fingerprint density at radius 3 is 3.05 bits per heavy atom. The number of amides is 1. The molecule has 1 aromatic heterocycles. The molecule has 0 radical (unpaired) electrons. The van der Waals surface area contributed by atoms with Crippen LogP contribution in [0.4, 0.5) is 5.69 Å². The fraction of sp³-hybridized carbons (Fsp3) is 0.250. The van der Waals surface area contributed by atoms with Crippen molar-refractivity contribution in [3.05, 3.63) is 58.9 Å². The van der Waals surface area contributed by atoms with Crippen LogP contribution in [0.5, 0.6) is 0 Å². The van der Waals surface area contributed by atoms with Gasteiger partial charge in [-0.2, -0.15) is 0 Å². The van der Waals surface area contributed by atoms with Crippen molar-refractivity contribution in [2.45, 2.75) is 19.9 Å². The highest BCUT2D eigenvalue weighted by atomic mass is 16.1. The highest BCUT2D eigenvalue weighted by molar-refractivity contribution is 6.03. The topological polar surface area (TPSA) is 54.0 Å². The molecule has 0 aliphatic carbocycles. The average molecular weight is 267 g/mol. The first-order chi connectivity index (χ1) is 9.74. The maximum absolute atomic E-state index is 12.2. The van der Waals surface area contributed by atoms with E-state index in [-0.39, 0.29) is 5.91 Å². The van der Waals surface area contributed by atoms with Crippen LogP contribution in [-0.2, 0) is 13.0 Å². The summed E-state index contributed by atoms with van der Waals surface area (Å²) in [6.07, 6.45) is 2.68. The Bertz CT molecular complexity index is 652. The fourth-order valence-corrected chi connectivity index (χ4v) is 2.47. The first kappa shape index (κ1) is 12.8. The van der Waals surface area contributed by atoms with Crippen LogP contribution in [0.2, 0.25) is 0 Å². The lowest BCUT2D eigenvalue weighted by Gasteiger charge is -2.18. The molecule has 20 heavy (non-hydrogen) atoms. The standard InChI is InChI=1S/C16H17N3O/c1-11-3-2-7-18-15(11)16(20)19-14-5-4-12-6-8-17-10-13(12)9-14/h2-5,7,9,17H,6,8,10H2,1H3,(H,19,20). The van der Waals surface area contributed by atoms with Gasteiger partial charge in [-0.3, -0.25) is 9.78 Å². The summed E-state index contributed by atoms with van der Waals surface area (Å²) in [5, 5.41) is 6.26. The Labute approximate surface area is 118 Å². The third-order valence-electron chi connectivity index (χ3n) is 3.58. The quantitative estimate of drug-likeness (QED) is 0.877. The van der Waals surface area contributed by atoms with E-state index >= 15 is 0 Å². The number of hydrogen-bond acceptors (Lipinski definition) is 3. The first-order valence-corrected chi connectivity index (χ1v) is 6.79. The van der Waals surface area contributed by atoms with Gasteiger partial charge in [-0.05, 0) is 54.8 Å². The largest absolute Gasteiger partial charge is 0.321 e. The molecule has 0 fully saturated rings. The second-order valence-corrected chi connectivity index (χ2v) is 5.03. The van der Waals surface area contributed by atoms with Crippen LogP contribution in [0.3, 0.4) is 0 Å². The summed E-state index contributed by atoms with van der Waals surface area (Å²) in [7, 11) is 0. The molecule has 1 amide bonds. The Morgan fingerprint density at radius 2 is 2.20 bits per heavy atom. The summed E-state index contributed by atoms with van der Waals surface area (Å²) in [6, 6.07) is 9.81. The van der Waals surface area contributed by atoms with Gasteiger partial charge in [0, 0.05) is 18.4 Å². The van der Waals surface area contributed by atoms with E-state index in [0.29, 0.717) is 5.69 Å². The molecule has 2 N–H and O–H groups in total. The Balaban J connectivity index is 1.81. The van der Waals surface area contributed by atoms with Crippen LogP contribution >= 0.6 is 0 Å². The molecule has 3 rings (SSSR count). The molecule has 0 saturated carbocycles. The van der Waals surface area contributed by atoms with Crippen molar-refractivity contribution in [2.24, 2.45) is 0 Å². The number of rotatable bonds is 2. The number of nitrogens with one attached hydrogen (secondary N) is 2. The molecular formula is C16H17N3O. The van der Waals surface area contributed by atoms with E-state index in [2.05, 4.69) is 21.7 Å².